The van der Waals surface area contributed by atoms with E-state index in [0.29, 0.717) is 18.0 Å². The van der Waals surface area contributed by atoms with Gasteiger partial charge in [0.25, 0.3) is 0 Å². The molecule has 4 heteroatoms. The molecule has 0 spiro atoms. The Morgan fingerprint density at radius 1 is 1.22 bits per heavy atom. The Kier molecular flexibility index (Phi) is 6.29. The topological polar surface area (TPSA) is 68.0 Å². The third-order valence-electron chi connectivity index (χ3n) is 3.91. The predicted octanol–water partition coefficient (Wildman–Crippen LogP) is 4.14. The van der Waals surface area contributed by atoms with E-state index in [2.05, 4.69) is 36.3 Å². The van der Waals surface area contributed by atoms with Crippen LogP contribution in [0.15, 0.2) is 42.6 Å². The number of anilines is 1. The fraction of sp³-hybridized carbons (Fsp3) is 0.368. The lowest BCUT2D eigenvalue weighted by atomic mass is 9.96. The van der Waals surface area contributed by atoms with Gasteiger partial charge in [-0.3, -0.25) is 9.78 Å². The van der Waals surface area contributed by atoms with E-state index in [9.17, 15) is 4.79 Å². The van der Waals surface area contributed by atoms with E-state index < -0.39 is 0 Å². The highest BCUT2D eigenvalue weighted by Crippen LogP contribution is 2.28. The van der Waals surface area contributed by atoms with Crippen LogP contribution in [0.25, 0.3) is 11.3 Å². The van der Waals surface area contributed by atoms with Crippen LogP contribution in [0.2, 0.25) is 0 Å². The van der Waals surface area contributed by atoms with Crippen molar-refractivity contribution in [2.75, 3.05) is 5.32 Å². The standard InChI is InChI=1S/C19H25N3O/c1-14(2)6-3-9-17(20)15-7-4-8-16(12-15)19-18(22-13-23)10-5-11-21-19/h4-5,7-8,10-14,17H,3,6,9,20H2,1-2H3,(H,22,23). The maximum Gasteiger partial charge on any atom is 0.211 e. The molecule has 1 heterocycles. The molecule has 0 fully saturated rings. The van der Waals surface area contributed by atoms with Gasteiger partial charge in [-0.05, 0) is 36.1 Å². The number of amides is 1. The number of aromatic nitrogens is 1. The molecule has 0 aliphatic carbocycles. The van der Waals surface area contributed by atoms with Crippen molar-refractivity contribution in [3.63, 3.8) is 0 Å². The van der Waals surface area contributed by atoms with E-state index in [-0.39, 0.29) is 6.04 Å². The minimum atomic E-state index is 0.0277. The zero-order valence-corrected chi connectivity index (χ0v) is 13.8. The molecule has 0 radical (unpaired) electrons. The lowest BCUT2D eigenvalue weighted by Crippen LogP contribution is -2.10. The predicted molar refractivity (Wildman–Crippen MR) is 95.0 cm³/mol. The second kappa shape index (κ2) is 8.44. The Bertz CT molecular complexity index is 640. The van der Waals surface area contributed by atoms with Gasteiger partial charge in [-0.2, -0.15) is 0 Å². The van der Waals surface area contributed by atoms with Gasteiger partial charge in [0.1, 0.15) is 0 Å². The summed E-state index contributed by atoms with van der Waals surface area (Å²) >= 11 is 0. The fourth-order valence-corrected chi connectivity index (χ4v) is 2.64. The van der Waals surface area contributed by atoms with Gasteiger partial charge in [0.05, 0.1) is 11.4 Å². The molecule has 0 bridgehead atoms. The van der Waals surface area contributed by atoms with E-state index in [4.69, 9.17) is 5.73 Å². The molecular weight excluding hydrogens is 286 g/mol. The summed E-state index contributed by atoms with van der Waals surface area (Å²) in [6, 6.07) is 11.8. The van der Waals surface area contributed by atoms with Crippen LogP contribution in [0.1, 0.15) is 44.7 Å². The Morgan fingerprint density at radius 2 is 2.04 bits per heavy atom. The molecule has 1 unspecified atom stereocenters. The normalized spacial score (nSPS) is 12.2. The summed E-state index contributed by atoms with van der Waals surface area (Å²) in [7, 11) is 0. The third kappa shape index (κ3) is 4.89. The molecule has 0 aliphatic heterocycles. The molecule has 3 N–H and O–H groups in total. The molecule has 23 heavy (non-hydrogen) atoms. The van der Waals surface area contributed by atoms with Crippen molar-refractivity contribution in [1.29, 1.82) is 0 Å². The van der Waals surface area contributed by atoms with Gasteiger partial charge in [0.2, 0.25) is 6.41 Å². The van der Waals surface area contributed by atoms with Crippen LogP contribution in [0, 0.1) is 5.92 Å². The number of hydrogen-bond donors (Lipinski definition) is 2. The number of pyridine rings is 1. The van der Waals surface area contributed by atoms with Gasteiger partial charge in [-0.1, -0.05) is 44.9 Å². The van der Waals surface area contributed by atoms with Gasteiger partial charge < -0.3 is 11.1 Å². The van der Waals surface area contributed by atoms with Crippen LogP contribution in [0.4, 0.5) is 5.69 Å². The van der Waals surface area contributed by atoms with Crippen molar-refractivity contribution < 1.29 is 4.79 Å². The van der Waals surface area contributed by atoms with E-state index in [0.717, 1.165) is 29.7 Å². The van der Waals surface area contributed by atoms with E-state index in [1.807, 2.05) is 18.2 Å². The zero-order chi connectivity index (χ0) is 16.7. The van der Waals surface area contributed by atoms with Crippen LogP contribution >= 0.6 is 0 Å². The maximum absolute atomic E-state index is 10.7. The van der Waals surface area contributed by atoms with Crippen molar-refractivity contribution in [1.82, 2.24) is 4.98 Å². The second-order valence-electron chi connectivity index (χ2n) is 6.22. The molecule has 1 amide bonds. The Hall–Kier alpha value is -2.20. The number of carbonyl (C=O) groups excluding carboxylic acids is 1. The lowest BCUT2D eigenvalue weighted by Gasteiger charge is -2.15. The monoisotopic (exact) mass is 311 g/mol. The average Bonchev–Trinajstić information content (AvgIpc) is 2.55. The molecule has 2 aromatic rings. The Labute approximate surface area is 138 Å². The minimum Gasteiger partial charge on any atom is -0.327 e. The molecule has 4 nitrogen and oxygen atoms in total. The van der Waals surface area contributed by atoms with Crippen molar-refractivity contribution >= 4 is 12.1 Å². The van der Waals surface area contributed by atoms with Crippen LogP contribution in [-0.4, -0.2) is 11.4 Å². The summed E-state index contributed by atoms with van der Waals surface area (Å²) in [5.41, 5.74) is 9.86. The highest BCUT2D eigenvalue weighted by Gasteiger charge is 2.10. The molecular formula is C19H25N3O. The average molecular weight is 311 g/mol. The van der Waals surface area contributed by atoms with Gasteiger partial charge in [0.15, 0.2) is 0 Å². The molecule has 1 atom stereocenters. The molecule has 0 saturated carbocycles. The number of rotatable bonds is 8. The highest BCUT2D eigenvalue weighted by atomic mass is 16.1. The summed E-state index contributed by atoms with van der Waals surface area (Å²) in [6.07, 6.45) is 5.69. The zero-order valence-electron chi connectivity index (χ0n) is 13.8. The lowest BCUT2D eigenvalue weighted by molar-refractivity contribution is -0.105. The fourth-order valence-electron chi connectivity index (χ4n) is 2.64. The largest absolute Gasteiger partial charge is 0.327 e. The van der Waals surface area contributed by atoms with Gasteiger partial charge in [-0.25, -0.2) is 0 Å². The SMILES string of the molecule is CC(C)CCCC(N)c1cccc(-c2ncccc2NC=O)c1. The summed E-state index contributed by atoms with van der Waals surface area (Å²) < 4.78 is 0. The highest BCUT2D eigenvalue weighted by molar-refractivity contribution is 5.82. The van der Waals surface area contributed by atoms with Gasteiger partial charge in [-0.15, -0.1) is 0 Å². The quantitative estimate of drug-likeness (QED) is 0.720. The van der Waals surface area contributed by atoms with Gasteiger partial charge in [0, 0.05) is 17.8 Å². The van der Waals surface area contributed by atoms with E-state index >= 15 is 0 Å². The number of nitrogens with two attached hydrogens (primary N) is 1. The van der Waals surface area contributed by atoms with Gasteiger partial charge >= 0.3 is 0 Å². The number of nitrogens with one attached hydrogen (secondary N) is 1. The smallest absolute Gasteiger partial charge is 0.211 e. The van der Waals surface area contributed by atoms with Crippen molar-refractivity contribution in [2.45, 2.75) is 39.2 Å². The van der Waals surface area contributed by atoms with Crippen LogP contribution < -0.4 is 11.1 Å². The Morgan fingerprint density at radius 3 is 2.78 bits per heavy atom. The van der Waals surface area contributed by atoms with Crippen LogP contribution in [0.3, 0.4) is 0 Å². The first-order chi connectivity index (χ1) is 11.1. The minimum absolute atomic E-state index is 0.0277. The summed E-state index contributed by atoms with van der Waals surface area (Å²) in [4.78, 5) is 15.1. The second-order valence-corrected chi connectivity index (χ2v) is 6.22. The summed E-state index contributed by atoms with van der Waals surface area (Å²) in [6.45, 7) is 4.46. The van der Waals surface area contributed by atoms with Crippen LogP contribution in [-0.2, 0) is 4.79 Å². The van der Waals surface area contributed by atoms with E-state index in [1.165, 1.54) is 6.42 Å². The first-order valence-electron chi connectivity index (χ1n) is 8.13. The molecule has 0 aliphatic rings. The number of nitrogens with zero attached hydrogens (tertiary/aromatic N) is 1. The number of benzene rings is 1. The van der Waals surface area contributed by atoms with E-state index in [1.54, 1.807) is 12.3 Å². The van der Waals surface area contributed by atoms with Crippen molar-refractivity contribution in [3.8, 4) is 11.3 Å². The molecule has 2 rings (SSSR count). The van der Waals surface area contributed by atoms with Crippen LogP contribution in [0.5, 0.6) is 0 Å². The summed E-state index contributed by atoms with van der Waals surface area (Å²) in [5, 5.41) is 2.70. The third-order valence-corrected chi connectivity index (χ3v) is 3.91. The molecule has 1 aromatic heterocycles. The molecule has 1 aromatic carbocycles. The number of hydrogen-bond acceptors (Lipinski definition) is 3. The molecule has 122 valence electrons. The first kappa shape index (κ1) is 17.2. The number of carbonyl (C=O) groups is 1. The van der Waals surface area contributed by atoms with Crippen molar-refractivity contribution in [3.05, 3.63) is 48.2 Å². The summed E-state index contributed by atoms with van der Waals surface area (Å²) in [5.74, 6) is 0.707. The first-order valence-corrected chi connectivity index (χ1v) is 8.13. The Balaban J connectivity index is 2.18. The maximum atomic E-state index is 10.7. The molecule has 0 saturated heterocycles. The van der Waals surface area contributed by atoms with Crippen molar-refractivity contribution in [2.24, 2.45) is 11.7 Å².